The van der Waals surface area contributed by atoms with Gasteiger partial charge in [-0.25, -0.2) is 5.01 Å². The second kappa shape index (κ2) is 4.80. The summed E-state index contributed by atoms with van der Waals surface area (Å²) in [7, 11) is 0. The normalized spacial score (nSPS) is 28.9. The quantitative estimate of drug-likeness (QED) is 0.718. The van der Waals surface area contributed by atoms with Crippen LogP contribution in [0.3, 0.4) is 0 Å². The highest BCUT2D eigenvalue weighted by Gasteiger charge is 2.77. The Bertz CT molecular complexity index is 440. The van der Waals surface area contributed by atoms with E-state index < -0.39 is 36.5 Å². The second-order valence-electron chi connectivity index (χ2n) is 5.35. The van der Waals surface area contributed by atoms with Gasteiger partial charge in [-0.1, -0.05) is 19.1 Å². The molecule has 0 amide bonds. The number of hydrogen-bond donors (Lipinski definition) is 0. The Labute approximate surface area is 116 Å². The van der Waals surface area contributed by atoms with Gasteiger partial charge in [-0.3, -0.25) is 0 Å². The number of alkyl halides is 6. The number of hydrogen-bond acceptors (Lipinski definition) is 5. The summed E-state index contributed by atoms with van der Waals surface area (Å²) in [5.41, 5.74) is -4.14. The van der Waals surface area contributed by atoms with Crippen molar-refractivity contribution in [1.82, 2.24) is 5.01 Å². The third kappa shape index (κ3) is 2.26. The van der Waals surface area contributed by atoms with Crippen LogP contribution in [0.15, 0.2) is 20.6 Å². The van der Waals surface area contributed by atoms with Crippen molar-refractivity contribution >= 4 is 0 Å². The van der Waals surface area contributed by atoms with Crippen molar-refractivity contribution in [1.29, 1.82) is 0 Å². The van der Waals surface area contributed by atoms with Gasteiger partial charge in [0.1, 0.15) is 6.54 Å². The molecule has 5 nitrogen and oxygen atoms in total. The van der Waals surface area contributed by atoms with E-state index in [0.29, 0.717) is 0 Å². The summed E-state index contributed by atoms with van der Waals surface area (Å²) in [4.78, 5) is 0. The van der Waals surface area contributed by atoms with E-state index in [-0.39, 0.29) is 17.5 Å². The van der Waals surface area contributed by atoms with Gasteiger partial charge in [0.05, 0.1) is 6.54 Å². The molecule has 120 valence electrons. The fraction of sp³-hybridized carbons (Fsp3) is 1.00. The molecular formula is C10H13F6N5. The number of rotatable bonds is 2. The Kier molecular flexibility index (Phi) is 3.65. The topological polar surface area (TPSA) is 52.7 Å². The molecule has 21 heavy (non-hydrogen) atoms. The van der Waals surface area contributed by atoms with Crippen LogP contribution in [-0.2, 0) is 0 Å². The maximum atomic E-state index is 13.2. The van der Waals surface area contributed by atoms with Crippen molar-refractivity contribution in [3.8, 4) is 0 Å². The minimum atomic E-state index is -5.58. The molecule has 0 aromatic carbocycles. The van der Waals surface area contributed by atoms with Gasteiger partial charge in [0.2, 0.25) is 0 Å². The minimum absolute atomic E-state index is 0.0613. The van der Waals surface area contributed by atoms with Crippen molar-refractivity contribution in [2.75, 3.05) is 13.1 Å². The fourth-order valence-electron chi connectivity index (χ4n) is 2.42. The highest BCUT2D eigenvalue weighted by atomic mass is 19.4. The summed E-state index contributed by atoms with van der Waals surface area (Å²) in [6.07, 6.45) is -12.6. The predicted molar refractivity (Wildman–Crippen MR) is 58.2 cm³/mol. The van der Waals surface area contributed by atoms with Gasteiger partial charge in [-0.05, 0) is 5.92 Å². The van der Waals surface area contributed by atoms with E-state index in [0.717, 1.165) is 0 Å². The highest BCUT2D eigenvalue weighted by molar-refractivity contribution is 5.08. The van der Waals surface area contributed by atoms with Crippen LogP contribution in [0.25, 0.3) is 0 Å². The average molecular weight is 317 g/mol. The zero-order valence-corrected chi connectivity index (χ0v) is 11.2. The van der Waals surface area contributed by atoms with Crippen molar-refractivity contribution in [2.24, 2.45) is 32.4 Å². The van der Waals surface area contributed by atoms with Crippen LogP contribution in [0.4, 0.5) is 26.3 Å². The van der Waals surface area contributed by atoms with Gasteiger partial charge in [0, 0.05) is 5.92 Å². The maximum Gasteiger partial charge on any atom is 0.424 e. The van der Waals surface area contributed by atoms with E-state index >= 15 is 0 Å². The lowest BCUT2D eigenvalue weighted by Crippen LogP contribution is -2.68. The molecule has 0 aromatic rings. The first-order valence-electron chi connectivity index (χ1n) is 6.19. The van der Waals surface area contributed by atoms with E-state index in [1.165, 1.54) is 0 Å². The molecule has 2 aliphatic heterocycles. The molecule has 0 bridgehead atoms. The van der Waals surface area contributed by atoms with Crippen LogP contribution in [0.1, 0.15) is 13.8 Å². The third-order valence-corrected chi connectivity index (χ3v) is 3.77. The number of halogens is 6. The molecule has 2 heterocycles. The molecule has 0 saturated carbocycles. The lowest BCUT2D eigenvalue weighted by molar-refractivity contribution is -0.337. The van der Waals surface area contributed by atoms with Crippen LogP contribution in [0, 0.1) is 11.8 Å². The molecule has 0 N–H and O–H groups in total. The summed E-state index contributed by atoms with van der Waals surface area (Å²) in [5.74, 6) is -0.772. The number of azo groups is 1. The Morgan fingerprint density at radius 1 is 1.05 bits per heavy atom. The second-order valence-corrected chi connectivity index (χ2v) is 5.35. The SMILES string of the molecule is CC(C)C1CN=NC1N1N=NCC1(C(F)(F)F)C(F)(F)F. The first kappa shape index (κ1) is 16.0. The van der Waals surface area contributed by atoms with Crippen LogP contribution < -0.4 is 0 Å². The summed E-state index contributed by atoms with van der Waals surface area (Å²) in [6.45, 7) is 1.92. The Morgan fingerprint density at radius 2 is 1.62 bits per heavy atom. The summed E-state index contributed by atoms with van der Waals surface area (Å²) in [5, 5.41) is 13.2. The molecule has 2 rings (SSSR count). The Morgan fingerprint density at radius 3 is 2.10 bits per heavy atom. The lowest BCUT2D eigenvalue weighted by atomic mass is 9.90. The molecule has 0 aliphatic carbocycles. The predicted octanol–water partition coefficient (Wildman–Crippen LogP) is 3.60. The smallest absolute Gasteiger partial charge is 0.226 e. The first-order chi connectivity index (χ1) is 9.52. The Hall–Kier alpha value is -1.42. The van der Waals surface area contributed by atoms with Crippen LogP contribution >= 0.6 is 0 Å². The average Bonchev–Trinajstić information content (AvgIpc) is 2.93. The van der Waals surface area contributed by atoms with Gasteiger partial charge >= 0.3 is 12.4 Å². The lowest BCUT2D eigenvalue weighted by Gasteiger charge is -2.41. The highest BCUT2D eigenvalue weighted by Crippen LogP contribution is 2.52. The van der Waals surface area contributed by atoms with Gasteiger partial charge < -0.3 is 0 Å². The molecule has 0 radical (unpaired) electrons. The van der Waals surface area contributed by atoms with Crippen molar-refractivity contribution in [3.63, 3.8) is 0 Å². The molecule has 2 unspecified atom stereocenters. The van der Waals surface area contributed by atoms with Gasteiger partial charge in [0.15, 0.2) is 6.17 Å². The molecule has 0 saturated heterocycles. The molecule has 0 aromatic heterocycles. The van der Waals surface area contributed by atoms with E-state index in [9.17, 15) is 26.3 Å². The summed E-state index contributed by atoms with van der Waals surface area (Å²) in [6, 6.07) is 0. The van der Waals surface area contributed by atoms with E-state index in [4.69, 9.17) is 0 Å². The molecule has 11 heteroatoms. The summed E-state index contributed by atoms with van der Waals surface area (Å²) >= 11 is 0. The molecule has 2 aliphatic rings. The molecular weight excluding hydrogens is 304 g/mol. The fourth-order valence-corrected chi connectivity index (χ4v) is 2.42. The zero-order valence-electron chi connectivity index (χ0n) is 11.2. The standard InChI is InChI=1S/C10H13F6N5/c1-5(2)6-3-17-19-7(6)21-8(4-18-20-21,9(11,12)13)10(14,15)16/h5-7H,3-4H2,1-2H3. The van der Waals surface area contributed by atoms with Gasteiger partial charge in [-0.2, -0.15) is 41.7 Å². The van der Waals surface area contributed by atoms with Crippen LogP contribution in [0.2, 0.25) is 0 Å². The Balaban J connectivity index is 2.46. The number of nitrogens with zero attached hydrogens (tertiary/aromatic N) is 5. The third-order valence-electron chi connectivity index (χ3n) is 3.77. The van der Waals surface area contributed by atoms with Crippen LogP contribution in [0.5, 0.6) is 0 Å². The minimum Gasteiger partial charge on any atom is -0.226 e. The van der Waals surface area contributed by atoms with Gasteiger partial charge in [0.25, 0.3) is 5.54 Å². The molecule has 0 fully saturated rings. The van der Waals surface area contributed by atoms with Crippen LogP contribution in [-0.4, -0.2) is 42.2 Å². The maximum absolute atomic E-state index is 13.2. The largest absolute Gasteiger partial charge is 0.424 e. The monoisotopic (exact) mass is 317 g/mol. The van der Waals surface area contributed by atoms with Crippen molar-refractivity contribution in [3.05, 3.63) is 0 Å². The van der Waals surface area contributed by atoms with Gasteiger partial charge in [-0.15, -0.1) is 0 Å². The summed E-state index contributed by atoms with van der Waals surface area (Å²) < 4.78 is 79.1. The zero-order chi connectivity index (χ0) is 16.1. The van der Waals surface area contributed by atoms with Crippen molar-refractivity contribution < 1.29 is 26.3 Å². The van der Waals surface area contributed by atoms with E-state index in [2.05, 4.69) is 20.6 Å². The van der Waals surface area contributed by atoms with E-state index in [1.54, 1.807) is 13.8 Å². The molecule has 0 spiro atoms. The molecule has 2 atom stereocenters. The van der Waals surface area contributed by atoms with E-state index in [1.807, 2.05) is 0 Å². The van der Waals surface area contributed by atoms with Crippen molar-refractivity contribution in [2.45, 2.75) is 37.9 Å². The first-order valence-corrected chi connectivity index (χ1v) is 6.19.